The maximum atomic E-state index is 6.17. The van der Waals surface area contributed by atoms with Gasteiger partial charge in [0, 0.05) is 24.8 Å². The molecule has 2 aromatic heterocycles. The van der Waals surface area contributed by atoms with Crippen LogP contribution in [-0.2, 0) is 0 Å². The second-order valence-corrected chi connectivity index (χ2v) is 4.01. The molecule has 2 heterocycles. The number of hydrogen-bond donors (Lipinski definition) is 1. The Balaban J connectivity index is 2.44. The maximum absolute atomic E-state index is 6.17. The predicted molar refractivity (Wildman–Crippen MR) is 64.3 cm³/mol. The lowest BCUT2D eigenvalue weighted by Gasteiger charge is -2.15. The van der Waals surface area contributed by atoms with Gasteiger partial charge in [-0.05, 0) is 35.7 Å². The van der Waals surface area contributed by atoms with Crippen molar-refractivity contribution in [1.82, 2.24) is 9.97 Å². The van der Waals surface area contributed by atoms with Crippen molar-refractivity contribution < 1.29 is 0 Å². The van der Waals surface area contributed by atoms with Crippen LogP contribution in [0.15, 0.2) is 36.9 Å². The standard InChI is InChI=1S/C12H12ClN3/c1-8-2-4-15-6-10(8)12(14)9-3-5-16-7-11(9)13/h2-7,12H,14H2,1H3. The van der Waals surface area contributed by atoms with E-state index in [-0.39, 0.29) is 6.04 Å². The fourth-order valence-electron chi connectivity index (χ4n) is 1.61. The number of rotatable bonds is 2. The van der Waals surface area contributed by atoms with Crippen molar-refractivity contribution in [3.05, 3.63) is 58.6 Å². The molecule has 0 bridgehead atoms. The lowest BCUT2D eigenvalue weighted by Crippen LogP contribution is -2.14. The van der Waals surface area contributed by atoms with Gasteiger partial charge >= 0.3 is 0 Å². The summed E-state index contributed by atoms with van der Waals surface area (Å²) < 4.78 is 0. The smallest absolute Gasteiger partial charge is 0.0640 e. The number of halogens is 1. The van der Waals surface area contributed by atoms with Crippen LogP contribution in [0.2, 0.25) is 5.02 Å². The van der Waals surface area contributed by atoms with E-state index in [1.807, 2.05) is 19.1 Å². The summed E-state index contributed by atoms with van der Waals surface area (Å²) in [6, 6.07) is 3.51. The number of pyridine rings is 2. The molecule has 16 heavy (non-hydrogen) atoms. The van der Waals surface area contributed by atoms with Crippen molar-refractivity contribution in [3.63, 3.8) is 0 Å². The van der Waals surface area contributed by atoms with Gasteiger partial charge in [0.15, 0.2) is 0 Å². The zero-order valence-electron chi connectivity index (χ0n) is 8.89. The molecule has 2 N–H and O–H groups in total. The quantitative estimate of drug-likeness (QED) is 0.867. The van der Waals surface area contributed by atoms with Crippen LogP contribution in [-0.4, -0.2) is 9.97 Å². The molecule has 0 amide bonds. The van der Waals surface area contributed by atoms with Crippen LogP contribution in [0.1, 0.15) is 22.7 Å². The second-order valence-electron chi connectivity index (χ2n) is 3.61. The van der Waals surface area contributed by atoms with Gasteiger partial charge in [-0.15, -0.1) is 0 Å². The number of hydrogen-bond acceptors (Lipinski definition) is 3. The van der Waals surface area contributed by atoms with Crippen LogP contribution in [0.4, 0.5) is 0 Å². The van der Waals surface area contributed by atoms with Crippen molar-refractivity contribution in [3.8, 4) is 0 Å². The van der Waals surface area contributed by atoms with E-state index < -0.39 is 0 Å². The summed E-state index contributed by atoms with van der Waals surface area (Å²) in [5, 5.41) is 0.582. The van der Waals surface area contributed by atoms with Gasteiger partial charge in [0.1, 0.15) is 0 Å². The van der Waals surface area contributed by atoms with E-state index >= 15 is 0 Å². The zero-order valence-corrected chi connectivity index (χ0v) is 9.65. The van der Waals surface area contributed by atoms with Crippen LogP contribution in [0, 0.1) is 6.92 Å². The fourth-order valence-corrected chi connectivity index (χ4v) is 1.84. The Bertz CT molecular complexity index is 454. The molecule has 1 unspecified atom stereocenters. The first-order chi connectivity index (χ1) is 7.70. The molecule has 2 aromatic rings. The lowest BCUT2D eigenvalue weighted by molar-refractivity contribution is 0.850. The van der Waals surface area contributed by atoms with Crippen molar-refractivity contribution in [1.29, 1.82) is 0 Å². The van der Waals surface area contributed by atoms with E-state index in [0.717, 1.165) is 16.7 Å². The van der Waals surface area contributed by atoms with Crippen LogP contribution in [0.3, 0.4) is 0 Å². The van der Waals surface area contributed by atoms with Gasteiger partial charge in [0.25, 0.3) is 0 Å². The monoisotopic (exact) mass is 233 g/mol. The molecule has 0 aromatic carbocycles. The van der Waals surface area contributed by atoms with E-state index in [1.165, 1.54) is 0 Å². The van der Waals surface area contributed by atoms with Gasteiger partial charge in [-0.25, -0.2) is 0 Å². The zero-order chi connectivity index (χ0) is 11.5. The Kier molecular flexibility index (Phi) is 3.17. The summed E-state index contributed by atoms with van der Waals surface area (Å²) in [5.74, 6) is 0. The first kappa shape index (κ1) is 11.0. The molecule has 0 saturated carbocycles. The molecule has 3 nitrogen and oxygen atoms in total. The summed E-state index contributed by atoms with van der Waals surface area (Å²) in [6.07, 6.45) is 6.81. The minimum atomic E-state index is -0.260. The number of aryl methyl sites for hydroxylation is 1. The Labute approximate surface area is 99.3 Å². The van der Waals surface area contributed by atoms with Crippen molar-refractivity contribution in [2.45, 2.75) is 13.0 Å². The summed E-state index contributed by atoms with van der Waals surface area (Å²) in [7, 11) is 0. The summed E-state index contributed by atoms with van der Waals surface area (Å²) in [5.41, 5.74) is 9.12. The average molecular weight is 234 g/mol. The van der Waals surface area contributed by atoms with Crippen LogP contribution in [0.5, 0.6) is 0 Å². The van der Waals surface area contributed by atoms with Gasteiger partial charge < -0.3 is 5.73 Å². The SMILES string of the molecule is Cc1ccncc1C(N)c1ccncc1Cl. The molecule has 0 aliphatic rings. The molecule has 0 spiro atoms. The van der Waals surface area contributed by atoms with Gasteiger partial charge in [0.2, 0.25) is 0 Å². The summed E-state index contributed by atoms with van der Waals surface area (Å²) in [6.45, 7) is 2.01. The van der Waals surface area contributed by atoms with Crippen LogP contribution in [0.25, 0.3) is 0 Å². The van der Waals surface area contributed by atoms with E-state index in [0.29, 0.717) is 5.02 Å². The molecular formula is C12H12ClN3. The molecule has 0 radical (unpaired) electrons. The molecule has 82 valence electrons. The van der Waals surface area contributed by atoms with Crippen molar-refractivity contribution in [2.75, 3.05) is 0 Å². The fraction of sp³-hybridized carbons (Fsp3) is 0.167. The van der Waals surface area contributed by atoms with Gasteiger partial charge in [-0.2, -0.15) is 0 Å². The van der Waals surface area contributed by atoms with E-state index in [9.17, 15) is 0 Å². The highest BCUT2D eigenvalue weighted by Crippen LogP contribution is 2.26. The summed E-state index contributed by atoms with van der Waals surface area (Å²) in [4.78, 5) is 8.02. The third kappa shape index (κ3) is 2.05. The largest absolute Gasteiger partial charge is 0.320 e. The maximum Gasteiger partial charge on any atom is 0.0640 e. The topological polar surface area (TPSA) is 51.8 Å². The van der Waals surface area contributed by atoms with E-state index in [2.05, 4.69) is 9.97 Å². The highest BCUT2D eigenvalue weighted by molar-refractivity contribution is 6.31. The molecule has 1 atom stereocenters. The van der Waals surface area contributed by atoms with Gasteiger partial charge in [-0.1, -0.05) is 11.6 Å². The van der Waals surface area contributed by atoms with Crippen LogP contribution >= 0.6 is 11.6 Å². The first-order valence-corrected chi connectivity index (χ1v) is 5.33. The number of nitrogens with zero attached hydrogens (tertiary/aromatic N) is 2. The number of nitrogens with two attached hydrogens (primary N) is 1. The highest BCUT2D eigenvalue weighted by Gasteiger charge is 2.14. The Morgan fingerprint density at radius 1 is 1.12 bits per heavy atom. The molecule has 4 heteroatoms. The van der Waals surface area contributed by atoms with Crippen molar-refractivity contribution >= 4 is 11.6 Å². The Morgan fingerprint density at radius 2 is 1.81 bits per heavy atom. The third-order valence-electron chi connectivity index (χ3n) is 2.55. The van der Waals surface area contributed by atoms with E-state index in [1.54, 1.807) is 24.8 Å². The highest BCUT2D eigenvalue weighted by atomic mass is 35.5. The minimum absolute atomic E-state index is 0.260. The Morgan fingerprint density at radius 3 is 2.50 bits per heavy atom. The third-order valence-corrected chi connectivity index (χ3v) is 2.87. The van der Waals surface area contributed by atoms with Gasteiger partial charge in [-0.3, -0.25) is 9.97 Å². The molecule has 0 saturated heterocycles. The average Bonchev–Trinajstić information content (AvgIpc) is 2.29. The van der Waals surface area contributed by atoms with Crippen molar-refractivity contribution in [2.24, 2.45) is 5.73 Å². The predicted octanol–water partition coefficient (Wildman–Crippen LogP) is 2.49. The van der Waals surface area contributed by atoms with E-state index in [4.69, 9.17) is 17.3 Å². The lowest BCUT2D eigenvalue weighted by atomic mass is 9.98. The molecule has 0 aliphatic heterocycles. The number of aromatic nitrogens is 2. The second kappa shape index (κ2) is 4.60. The Hall–Kier alpha value is -1.45. The minimum Gasteiger partial charge on any atom is -0.320 e. The molecule has 2 rings (SSSR count). The summed E-state index contributed by atoms with van der Waals surface area (Å²) >= 11 is 6.06. The first-order valence-electron chi connectivity index (χ1n) is 4.95. The molecular weight excluding hydrogens is 222 g/mol. The van der Waals surface area contributed by atoms with Crippen LogP contribution < -0.4 is 5.73 Å². The molecule has 0 aliphatic carbocycles. The normalized spacial score (nSPS) is 12.4. The van der Waals surface area contributed by atoms with Gasteiger partial charge in [0.05, 0.1) is 11.1 Å². The molecule has 0 fully saturated rings.